The molecule has 0 N–H and O–H groups in total. The van der Waals surface area contributed by atoms with Gasteiger partial charge in [0.1, 0.15) is 23.8 Å². The van der Waals surface area contributed by atoms with Gasteiger partial charge in [0.15, 0.2) is 17.9 Å². The third-order valence-corrected chi connectivity index (χ3v) is 5.96. The van der Waals surface area contributed by atoms with Crippen LogP contribution in [0.25, 0.3) is 11.0 Å². The van der Waals surface area contributed by atoms with Gasteiger partial charge in [-0.1, -0.05) is 47.7 Å². The van der Waals surface area contributed by atoms with E-state index in [2.05, 4.69) is 10.3 Å². The maximum absolute atomic E-state index is 6.43. The van der Waals surface area contributed by atoms with Gasteiger partial charge in [0.25, 0.3) is 0 Å². The van der Waals surface area contributed by atoms with Gasteiger partial charge in [-0.2, -0.15) is 4.68 Å². The van der Waals surface area contributed by atoms with Crippen LogP contribution >= 0.6 is 0 Å². The SMILES string of the molecule is CC1(C)O[C@H]2OC(C(=NC3CC3)n3nnc4ccccc43)[C@H](OCc3ccccc3)[C@H]2O1. The van der Waals surface area contributed by atoms with Gasteiger partial charge >= 0.3 is 0 Å². The van der Waals surface area contributed by atoms with Gasteiger partial charge in [-0.3, -0.25) is 4.99 Å². The molecule has 4 atom stereocenters. The molecule has 6 rings (SSSR count). The molecule has 0 amide bonds. The molecule has 3 aliphatic rings. The molecule has 3 heterocycles. The molecule has 1 unspecified atom stereocenters. The molecule has 166 valence electrons. The van der Waals surface area contributed by atoms with E-state index in [9.17, 15) is 0 Å². The highest BCUT2D eigenvalue weighted by molar-refractivity contribution is 5.95. The first-order valence-electron chi connectivity index (χ1n) is 11.1. The maximum atomic E-state index is 6.43. The highest BCUT2D eigenvalue weighted by atomic mass is 16.8. The monoisotopic (exact) mass is 434 g/mol. The molecule has 8 heteroatoms. The number of rotatable bonds is 5. The Morgan fingerprint density at radius 2 is 1.88 bits per heavy atom. The van der Waals surface area contributed by atoms with Crippen molar-refractivity contribution < 1.29 is 18.9 Å². The summed E-state index contributed by atoms with van der Waals surface area (Å²) < 4.78 is 26.8. The predicted octanol–water partition coefficient (Wildman–Crippen LogP) is 3.30. The van der Waals surface area contributed by atoms with Gasteiger partial charge in [-0.15, -0.1) is 5.10 Å². The summed E-state index contributed by atoms with van der Waals surface area (Å²) in [7, 11) is 0. The highest BCUT2D eigenvalue weighted by Gasteiger charge is 2.57. The molecule has 0 radical (unpaired) electrons. The lowest BCUT2D eigenvalue weighted by Crippen LogP contribution is -2.43. The Bertz CT molecular complexity index is 1140. The number of para-hydroxylation sites is 1. The van der Waals surface area contributed by atoms with Gasteiger partial charge in [-0.25, -0.2) is 0 Å². The molecule has 1 aromatic heterocycles. The van der Waals surface area contributed by atoms with Crippen molar-refractivity contribution in [2.24, 2.45) is 4.99 Å². The van der Waals surface area contributed by atoms with Crippen molar-refractivity contribution in [2.45, 2.75) is 69.7 Å². The number of benzene rings is 2. The molecular formula is C24H26N4O4. The predicted molar refractivity (Wildman–Crippen MR) is 117 cm³/mol. The van der Waals surface area contributed by atoms with E-state index in [0.717, 1.165) is 29.4 Å². The Morgan fingerprint density at radius 3 is 2.69 bits per heavy atom. The van der Waals surface area contributed by atoms with E-state index < -0.39 is 24.3 Å². The first-order chi connectivity index (χ1) is 15.6. The summed E-state index contributed by atoms with van der Waals surface area (Å²) in [6.07, 6.45) is 0.335. The van der Waals surface area contributed by atoms with E-state index in [0.29, 0.717) is 12.4 Å². The first kappa shape index (κ1) is 20.0. The van der Waals surface area contributed by atoms with E-state index in [1.807, 2.05) is 68.4 Å². The van der Waals surface area contributed by atoms with Gasteiger partial charge in [-0.05, 0) is 44.4 Å². The fourth-order valence-electron chi connectivity index (χ4n) is 4.31. The number of hydrogen-bond acceptors (Lipinski definition) is 7. The molecule has 0 bridgehead atoms. The largest absolute Gasteiger partial charge is 0.367 e. The van der Waals surface area contributed by atoms with E-state index in [1.165, 1.54) is 0 Å². The van der Waals surface area contributed by atoms with Gasteiger partial charge < -0.3 is 18.9 Å². The molecule has 2 aromatic carbocycles. The average Bonchev–Trinajstić information content (AvgIpc) is 3.30. The second-order valence-corrected chi connectivity index (χ2v) is 8.99. The quantitative estimate of drug-likeness (QED) is 0.453. The number of ether oxygens (including phenoxy) is 4. The van der Waals surface area contributed by atoms with Crippen LogP contribution in [0.1, 0.15) is 32.3 Å². The van der Waals surface area contributed by atoms with Crippen LogP contribution in [0, 0.1) is 0 Å². The fraction of sp³-hybridized carbons (Fsp3) is 0.458. The number of hydrogen-bond donors (Lipinski definition) is 0. The Kier molecular flexibility index (Phi) is 4.83. The third kappa shape index (κ3) is 3.73. The molecule has 0 spiro atoms. The van der Waals surface area contributed by atoms with Gasteiger partial charge in [0, 0.05) is 0 Å². The van der Waals surface area contributed by atoms with Gasteiger partial charge in [0.2, 0.25) is 0 Å². The lowest BCUT2D eigenvalue weighted by atomic mass is 10.1. The molecule has 1 aliphatic carbocycles. The molecule has 3 fully saturated rings. The lowest BCUT2D eigenvalue weighted by Gasteiger charge is -2.27. The standard InChI is InChI=1S/C24H26N4O4/c1-24(2)31-21-19(29-14-15-8-4-3-5-9-15)20(30-23(21)32-24)22(25-16-12-13-16)28-18-11-7-6-10-17(18)26-27-28/h3-11,16,19-21,23H,12-14H2,1-2H3/t19-,20?,21+,23+/m0/s1. The summed E-state index contributed by atoms with van der Waals surface area (Å²) in [5, 5.41) is 8.74. The summed E-state index contributed by atoms with van der Waals surface area (Å²) in [4.78, 5) is 4.99. The van der Waals surface area contributed by atoms with E-state index in [4.69, 9.17) is 23.9 Å². The summed E-state index contributed by atoms with van der Waals surface area (Å²) >= 11 is 0. The third-order valence-electron chi connectivity index (χ3n) is 5.96. The summed E-state index contributed by atoms with van der Waals surface area (Å²) in [5.41, 5.74) is 2.78. The van der Waals surface area contributed by atoms with Crippen molar-refractivity contribution in [3.8, 4) is 0 Å². The van der Waals surface area contributed by atoms with Crippen LogP contribution in [0.3, 0.4) is 0 Å². The second kappa shape index (κ2) is 7.74. The first-order valence-corrected chi connectivity index (χ1v) is 11.1. The van der Waals surface area contributed by atoms with Crippen LogP contribution in [0.5, 0.6) is 0 Å². The lowest BCUT2D eigenvalue weighted by molar-refractivity contribution is -0.211. The smallest absolute Gasteiger partial charge is 0.190 e. The zero-order valence-electron chi connectivity index (χ0n) is 18.1. The van der Waals surface area contributed by atoms with Crippen molar-refractivity contribution in [3.05, 3.63) is 60.2 Å². The Balaban J connectivity index is 1.36. The van der Waals surface area contributed by atoms with Crippen LogP contribution in [0.15, 0.2) is 59.6 Å². The van der Waals surface area contributed by atoms with E-state index >= 15 is 0 Å². The van der Waals surface area contributed by atoms with Gasteiger partial charge in [0.05, 0.1) is 18.2 Å². The Morgan fingerprint density at radius 1 is 1.09 bits per heavy atom. The summed E-state index contributed by atoms with van der Waals surface area (Å²) in [5.74, 6) is -0.0405. The average molecular weight is 434 g/mol. The highest BCUT2D eigenvalue weighted by Crippen LogP contribution is 2.40. The minimum Gasteiger partial charge on any atom is -0.367 e. The van der Waals surface area contributed by atoms with E-state index in [-0.39, 0.29) is 12.1 Å². The van der Waals surface area contributed by atoms with Crippen molar-refractivity contribution in [1.29, 1.82) is 0 Å². The van der Waals surface area contributed by atoms with E-state index in [1.54, 1.807) is 4.68 Å². The van der Waals surface area contributed by atoms with Crippen molar-refractivity contribution >= 4 is 16.9 Å². The molecule has 2 saturated heterocycles. The fourth-order valence-corrected chi connectivity index (χ4v) is 4.31. The Hall–Kier alpha value is -2.65. The van der Waals surface area contributed by atoms with Crippen molar-refractivity contribution in [3.63, 3.8) is 0 Å². The summed E-state index contributed by atoms with van der Waals surface area (Å²) in [6.45, 7) is 4.22. The van der Waals surface area contributed by atoms with Crippen molar-refractivity contribution in [2.75, 3.05) is 0 Å². The molecule has 32 heavy (non-hydrogen) atoms. The van der Waals surface area contributed by atoms with Crippen LogP contribution in [0.4, 0.5) is 0 Å². The maximum Gasteiger partial charge on any atom is 0.190 e. The minimum atomic E-state index is -0.734. The minimum absolute atomic E-state index is 0.269. The van der Waals surface area contributed by atoms with Crippen LogP contribution in [-0.2, 0) is 25.6 Å². The second-order valence-electron chi connectivity index (χ2n) is 8.99. The number of fused-ring (bicyclic) bond motifs is 2. The molecule has 1 saturated carbocycles. The topological polar surface area (TPSA) is 80.0 Å². The molecule has 2 aliphatic heterocycles. The Labute approximate surface area is 186 Å². The number of nitrogens with zero attached hydrogens (tertiary/aromatic N) is 4. The number of aliphatic imine (C=N–C) groups is 1. The molecule has 8 nitrogen and oxygen atoms in total. The van der Waals surface area contributed by atoms with Crippen LogP contribution < -0.4 is 0 Å². The number of aromatic nitrogens is 3. The normalized spacial score (nSPS) is 29.5. The van der Waals surface area contributed by atoms with Crippen LogP contribution in [-0.4, -0.2) is 57.3 Å². The zero-order chi connectivity index (χ0) is 21.7. The summed E-state index contributed by atoms with van der Waals surface area (Å²) in [6, 6.07) is 18.2. The molecular weight excluding hydrogens is 408 g/mol. The van der Waals surface area contributed by atoms with Crippen molar-refractivity contribution in [1.82, 2.24) is 15.0 Å². The zero-order valence-corrected chi connectivity index (χ0v) is 18.1. The van der Waals surface area contributed by atoms with Crippen LogP contribution in [0.2, 0.25) is 0 Å². The molecule has 3 aromatic rings.